The van der Waals surface area contributed by atoms with Crippen molar-refractivity contribution in [1.29, 1.82) is 0 Å². The van der Waals surface area contributed by atoms with Crippen molar-refractivity contribution in [1.82, 2.24) is 0 Å². The van der Waals surface area contributed by atoms with Crippen LogP contribution in [0.15, 0.2) is 18.2 Å². The Bertz CT molecular complexity index is 375. The third-order valence-electron chi connectivity index (χ3n) is 3.22. The zero-order chi connectivity index (χ0) is 11.5. The van der Waals surface area contributed by atoms with E-state index in [1.807, 2.05) is 0 Å². The summed E-state index contributed by atoms with van der Waals surface area (Å²) in [4.78, 5) is 12.0. The quantitative estimate of drug-likeness (QED) is 0.789. The Morgan fingerprint density at radius 3 is 2.31 bits per heavy atom. The third-order valence-corrected chi connectivity index (χ3v) is 3.93. The van der Waals surface area contributed by atoms with Crippen LogP contribution < -0.4 is 0 Å². The molecule has 0 N–H and O–H groups in total. The van der Waals surface area contributed by atoms with E-state index in [0.717, 1.165) is 18.4 Å². The van der Waals surface area contributed by atoms with Crippen molar-refractivity contribution in [3.63, 3.8) is 0 Å². The number of Topliss-reactive ketones (excluding diaryl/α,β-unsaturated/α-hetero) is 1. The molecule has 1 aliphatic carbocycles. The first-order chi connectivity index (χ1) is 7.68. The van der Waals surface area contributed by atoms with Crippen LogP contribution >= 0.6 is 23.2 Å². The molecule has 0 saturated heterocycles. The largest absolute Gasteiger partial charge is 0.299 e. The molecule has 0 atom stereocenters. The van der Waals surface area contributed by atoms with Crippen molar-refractivity contribution in [3.8, 4) is 0 Å². The molecule has 0 aliphatic heterocycles. The van der Waals surface area contributed by atoms with Crippen molar-refractivity contribution in [2.75, 3.05) is 0 Å². The molecule has 0 unspecified atom stereocenters. The fourth-order valence-corrected chi connectivity index (χ4v) is 2.80. The first-order valence-corrected chi connectivity index (χ1v) is 6.39. The van der Waals surface area contributed by atoms with Crippen LogP contribution in [0.5, 0.6) is 0 Å². The molecule has 1 fully saturated rings. The van der Waals surface area contributed by atoms with E-state index in [1.54, 1.807) is 18.2 Å². The average Bonchev–Trinajstić information content (AvgIpc) is 2.76. The molecule has 0 aromatic heterocycles. The van der Waals surface area contributed by atoms with Gasteiger partial charge < -0.3 is 0 Å². The Balaban J connectivity index is 2.11. The highest BCUT2D eigenvalue weighted by Gasteiger charge is 2.23. The van der Waals surface area contributed by atoms with Gasteiger partial charge in [0.25, 0.3) is 0 Å². The molecule has 1 nitrogen and oxygen atoms in total. The molecule has 86 valence electrons. The molecule has 0 radical (unpaired) electrons. The number of benzene rings is 1. The predicted molar refractivity (Wildman–Crippen MR) is 67.1 cm³/mol. The van der Waals surface area contributed by atoms with E-state index in [4.69, 9.17) is 23.2 Å². The summed E-state index contributed by atoms with van der Waals surface area (Å²) in [5.74, 6) is 0.514. The van der Waals surface area contributed by atoms with Gasteiger partial charge in [0.1, 0.15) is 5.78 Å². The van der Waals surface area contributed by atoms with Crippen LogP contribution in [0.4, 0.5) is 0 Å². The fraction of sp³-hybridized carbons (Fsp3) is 0.462. The molecular weight excluding hydrogens is 243 g/mol. The Morgan fingerprint density at radius 2 is 1.75 bits per heavy atom. The van der Waals surface area contributed by atoms with Crippen molar-refractivity contribution in [2.24, 2.45) is 5.92 Å². The highest BCUT2D eigenvalue weighted by Crippen LogP contribution is 2.30. The minimum Gasteiger partial charge on any atom is -0.299 e. The first kappa shape index (κ1) is 11.9. The van der Waals surface area contributed by atoms with E-state index in [0.29, 0.717) is 16.5 Å². The topological polar surface area (TPSA) is 17.1 Å². The lowest BCUT2D eigenvalue weighted by Gasteiger charge is -2.10. The molecule has 1 saturated carbocycles. The molecule has 0 amide bonds. The van der Waals surface area contributed by atoms with Gasteiger partial charge in [0.2, 0.25) is 0 Å². The summed E-state index contributed by atoms with van der Waals surface area (Å²) in [6.45, 7) is 0. The monoisotopic (exact) mass is 256 g/mol. The van der Waals surface area contributed by atoms with Gasteiger partial charge in [-0.3, -0.25) is 4.79 Å². The third kappa shape index (κ3) is 2.58. The summed E-state index contributed by atoms with van der Waals surface area (Å²) in [5.41, 5.74) is 0.780. The number of halogens is 2. The summed E-state index contributed by atoms with van der Waals surface area (Å²) >= 11 is 12.1. The number of hydrogen-bond donors (Lipinski definition) is 0. The van der Waals surface area contributed by atoms with E-state index < -0.39 is 0 Å². The number of carbonyl (C=O) groups excluding carboxylic acids is 1. The normalized spacial score (nSPS) is 16.6. The van der Waals surface area contributed by atoms with Crippen molar-refractivity contribution < 1.29 is 4.79 Å². The van der Waals surface area contributed by atoms with Crippen LogP contribution in [0.3, 0.4) is 0 Å². The average molecular weight is 257 g/mol. The maximum atomic E-state index is 12.0. The lowest BCUT2D eigenvalue weighted by Crippen LogP contribution is -2.13. The molecule has 0 bridgehead atoms. The molecule has 1 aliphatic rings. The van der Waals surface area contributed by atoms with Gasteiger partial charge in [0, 0.05) is 22.4 Å². The maximum Gasteiger partial charge on any atom is 0.140 e. The van der Waals surface area contributed by atoms with Gasteiger partial charge in [-0.05, 0) is 30.5 Å². The molecule has 16 heavy (non-hydrogen) atoms. The van der Waals surface area contributed by atoms with Crippen LogP contribution in [0.25, 0.3) is 0 Å². The van der Waals surface area contributed by atoms with Crippen LogP contribution in [0.1, 0.15) is 31.2 Å². The molecule has 0 spiro atoms. The van der Waals surface area contributed by atoms with Crippen LogP contribution in [0.2, 0.25) is 10.0 Å². The van der Waals surface area contributed by atoms with Gasteiger partial charge in [-0.15, -0.1) is 0 Å². The Hall–Kier alpha value is -0.530. The molecule has 1 aromatic carbocycles. The minimum absolute atomic E-state index is 0.229. The van der Waals surface area contributed by atoms with E-state index in [9.17, 15) is 4.79 Å². The van der Waals surface area contributed by atoms with Gasteiger partial charge >= 0.3 is 0 Å². The second-order valence-electron chi connectivity index (χ2n) is 4.32. The number of ketones is 1. The maximum absolute atomic E-state index is 12.0. The van der Waals surface area contributed by atoms with E-state index in [1.165, 1.54) is 12.8 Å². The first-order valence-electron chi connectivity index (χ1n) is 5.64. The summed E-state index contributed by atoms with van der Waals surface area (Å²) in [6, 6.07) is 5.36. The van der Waals surface area contributed by atoms with E-state index in [2.05, 4.69) is 0 Å². The second kappa shape index (κ2) is 5.20. The smallest absolute Gasteiger partial charge is 0.140 e. The van der Waals surface area contributed by atoms with Gasteiger partial charge in [-0.2, -0.15) is 0 Å². The molecule has 3 heteroatoms. The molecule has 1 aromatic rings. The summed E-state index contributed by atoms with van der Waals surface area (Å²) < 4.78 is 0. The van der Waals surface area contributed by atoms with E-state index >= 15 is 0 Å². The summed E-state index contributed by atoms with van der Waals surface area (Å²) in [7, 11) is 0. The van der Waals surface area contributed by atoms with Crippen LogP contribution in [-0.4, -0.2) is 5.78 Å². The minimum atomic E-state index is 0.229. The van der Waals surface area contributed by atoms with Gasteiger partial charge in [0.05, 0.1) is 0 Å². The van der Waals surface area contributed by atoms with Crippen molar-refractivity contribution >= 4 is 29.0 Å². The van der Waals surface area contributed by atoms with Gasteiger partial charge in [-0.25, -0.2) is 0 Å². The molecular formula is C13H14Cl2O. The number of rotatable bonds is 3. The highest BCUT2D eigenvalue weighted by molar-refractivity contribution is 6.36. The highest BCUT2D eigenvalue weighted by atomic mass is 35.5. The Kier molecular flexibility index (Phi) is 3.88. The Morgan fingerprint density at radius 1 is 1.19 bits per heavy atom. The lowest BCUT2D eigenvalue weighted by molar-refractivity contribution is -0.122. The lowest BCUT2D eigenvalue weighted by atomic mass is 9.96. The van der Waals surface area contributed by atoms with Gasteiger partial charge in [0.15, 0.2) is 0 Å². The van der Waals surface area contributed by atoms with Crippen LogP contribution in [-0.2, 0) is 11.2 Å². The Labute approximate surface area is 106 Å². The SMILES string of the molecule is O=C(Cc1c(Cl)cccc1Cl)C1CCCC1. The summed E-state index contributed by atoms with van der Waals surface area (Å²) in [6.07, 6.45) is 4.78. The van der Waals surface area contributed by atoms with Crippen molar-refractivity contribution in [3.05, 3.63) is 33.8 Å². The number of hydrogen-bond acceptors (Lipinski definition) is 1. The molecule has 2 rings (SSSR count). The zero-order valence-corrected chi connectivity index (χ0v) is 10.5. The predicted octanol–water partition coefficient (Wildman–Crippen LogP) is 4.30. The fourth-order valence-electron chi connectivity index (χ4n) is 2.27. The number of carbonyl (C=O) groups is 1. The van der Waals surface area contributed by atoms with E-state index in [-0.39, 0.29) is 11.7 Å². The van der Waals surface area contributed by atoms with Crippen LogP contribution in [0, 0.1) is 5.92 Å². The van der Waals surface area contributed by atoms with Crippen molar-refractivity contribution in [2.45, 2.75) is 32.1 Å². The zero-order valence-electron chi connectivity index (χ0n) is 9.01. The second-order valence-corrected chi connectivity index (χ2v) is 5.14. The van der Waals surface area contributed by atoms with Gasteiger partial charge in [-0.1, -0.05) is 42.1 Å². The molecule has 0 heterocycles. The standard InChI is InChI=1S/C13H14Cl2O/c14-11-6-3-7-12(15)10(11)8-13(16)9-4-1-2-5-9/h3,6-7,9H,1-2,4-5,8H2. The summed E-state index contributed by atoms with van der Waals surface area (Å²) in [5, 5.41) is 1.19.